The summed E-state index contributed by atoms with van der Waals surface area (Å²) in [7, 11) is 0. The molecular weight excluding hydrogens is 276 g/mol. The van der Waals surface area contributed by atoms with Crippen LogP contribution >= 0.6 is 0 Å². The zero-order valence-corrected chi connectivity index (χ0v) is 12.5. The standard InChI is InChI=1S/C17H20N4O/c22-17(20-12-15-6-2-3-7-19-15)14-10-16(13-18-11-14)21-8-4-1-5-9-21/h2-3,6-7,10-11,13H,1,4-5,8-9,12H2,(H,20,22). The zero-order valence-electron chi connectivity index (χ0n) is 12.5. The molecule has 1 aliphatic heterocycles. The summed E-state index contributed by atoms with van der Waals surface area (Å²) in [5.41, 5.74) is 2.47. The largest absolute Gasteiger partial charge is 0.370 e. The van der Waals surface area contributed by atoms with Crippen molar-refractivity contribution in [2.24, 2.45) is 0 Å². The van der Waals surface area contributed by atoms with Crippen molar-refractivity contribution < 1.29 is 4.79 Å². The molecule has 1 amide bonds. The minimum Gasteiger partial charge on any atom is -0.370 e. The summed E-state index contributed by atoms with van der Waals surface area (Å²) in [5.74, 6) is -0.114. The summed E-state index contributed by atoms with van der Waals surface area (Å²) in [6, 6.07) is 7.58. The highest BCUT2D eigenvalue weighted by molar-refractivity contribution is 5.94. The Labute approximate surface area is 130 Å². The fraction of sp³-hybridized carbons (Fsp3) is 0.353. The molecule has 3 heterocycles. The molecule has 0 unspecified atom stereocenters. The Hall–Kier alpha value is -2.43. The van der Waals surface area contributed by atoms with Crippen molar-refractivity contribution in [3.05, 3.63) is 54.1 Å². The van der Waals surface area contributed by atoms with Gasteiger partial charge in [0.25, 0.3) is 5.91 Å². The van der Waals surface area contributed by atoms with Crippen LogP contribution < -0.4 is 10.2 Å². The number of nitrogens with one attached hydrogen (secondary N) is 1. The molecule has 2 aromatic rings. The minimum absolute atomic E-state index is 0.114. The van der Waals surface area contributed by atoms with E-state index in [-0.39, 0.29) is 5.91 Å². The average Bonchev–Trinajstić information content (AvgIpc) is 2.61. The van der Waals surface area contributed by atoms with Crippen molar-refractivity contribution in [1.29, 1.82) is 0 Å². The summed E-state index contributed by atoms with van der Waals surface area (Å²) in [4.78, 5) is 23.0. The predicted molar refractivity (Wildman–Crippen MR) is 85.7 cm³/mol. The molecule has 1 N–H and O–H groups in total. The predicted octanol–water partition coefficient (Wildman–Crippen LogP) is 2.40. The van der Waals surface area contributed by atoms with Crippen molar-refractivity contribution in [2.45, 2.75) is 25.8 Å². The van der Waals surface area contributed by atoms with E-state index < -0.39 is 0 Å². The molecule has 2 aromatic heterocycles. The normalized spacial score (nSPS) is 14.6. The first kappa shape index (κ1) is 14.5. The van der Waals surface area contributed by atoms with E-state index in [1.54, 1.807) is 12.4 Å². The van der Waals surface area contributed by atoms with Gasteiger partial charge in [-0.1, -0.05) is 6.07 Å². The van der Waals surface area contributed by atoms with Crippen molar-refractivity contribution in [3.8, 4) is 0 Å². The summed E-state index contributed by atoms with van der Waals surface area (Å²) < 4.78 is 0. The Morgan fingerprint density at radius 3 is 2.82 bits per heavy atom. The molecule has 0 spiro atoms. The second-order valence-corrected chi connectivity index (χ2v) is 5.48. The number of hydrogen-bond donors (Lipinski definition) is 1. The maximum Gasteiger partial charge on any atom is 0.253 e. The molecule has 114 valence electrons. The molecule has 1 fully saturated rings. The van der Waals surface area contributed by atoms with Gasteiger partial charge in [-0.05, 0) is 37.5 Å². The van der Waals surface area contributed by atoms with Crippen molar-refractivity contribution in [2.75, 3.05) is 18.0 Å². The van der Waals surface area contributed by atoms with Gasteiger partial charge in [0, 0.05) is 25.5 Å². The van der Waals surface area contributed by atoms with Crippen LogP contribution in [0.5, 0.6) is 0 Å². The lowest BCUT2D eigenvalue weighted by atomic mass is 10.1. The van der Waals surface area contributed by atoms with Gasteiger partial charge in [-0.3, -0.25) is 14.8 Å². The number of amides is 1. The molecule has 0 bridgehead atoms. The van der Waals surface area contributed by atoms with Crippen LogP contribution in [0, 0.1) is 0 Å². The van der Waals surface area contributed by atoms with E-state index in [9.17, 15) is 4.79 Å². The van der Waals surface area contributed by atoms with Gasteiger partial charge in [-0.15, -0.1) is 0 Å². The Morgan fingerprint density at radius 1 is 1.18 bits per heavy atom. The summed E-state index contributed by atoms with van der Waals surface area (Å²) >= 11 is 0. The van der Waals surface area contributed by atoms with Crippen LogP contribution in [0.3, 0.4) is 0 Å². The van der Waals surface area contributed by atoms with Gasteiger partial charge in [0.05, 0.1) is 29.7 Å². The summed E-state index contributed by atoms with van der Waals surface area (Å²) in [6.45, 7) is 2.51. The minimum atomic E-state index is -0.114. The highest BCUT2D eigenvalue weighted by atomic mass is 16.1. The lowest BCUT2D eigenvalue weighted by molar-refractivity contribution is 0.0950. The smallest absolute Gasteiger partial charge is 0.253 e. The van der Waals surface area contributed by atoms with E-state index in [0.29, 0.717) is 12.1 Å². The van der Waals surface area contributed by atoms with Gasteiger partial charge in [0.1, 0.15) is 0 Å². The van der Waals surface area contributed by atoms with Crippen LogP contribution in [0.15, 0.2) is 42.9 Å². The quantitative estimate of drug-likeness (QED) is 0.941. The molecule has 22 heavy (non-hydrogen) atoms. The molecule has 0 radical (unpaired) electrons. The highest BCUT2D eigenvalue weighted by Crippen LogP contribution is 2.19. The van der Waals surface area contributed by atoms with E-state index >= 15 is 0 Å². The molecule has 0 atom stereocenters. The van der Waals surface area contributed by atoms with Crippen LogP contribution in [0.1, 0.15) is 35.3 Å². The first-order chi connectivity index (χ1) is 10.8. The third kappa shape index (κ3) is 3.61. The highest BCUT2D eigenvalue weighted by Gasteiger charge is 2.13. The lowest BCUT2D eigenvalue weighted by Gasteiger charge is -2.28. The third-order valence-corrected chi connectivity index (χ3v) is 3.86. The number of carbonyl (C=O) groups is 1. The van der Waals surface area contributed by atoms with E-state index in [1.165, 1.54) is 19.3 Å². The van der Waals surface area contributed by atoms with E-state index in [4.69, 9.17) is 0 Å². The number of hydrogen-bond acceptors (Lipinski definition) is 4. The number of aromatic nitrogens is 2. The van der Waals surface area contributed by atoms with Gasteiger partial charge in [-0.2, -0.15) is 0 Å². The second-order valence-electron chi connectivity index (χ2n) is 5.48. The first-order valence-corrected chi connectivity index (χ1v) is 7.71. The number of nitrogens with zero attached hydrogens (tertiary/aromatic N) is 3. The van der Waals surface area contributed by atoms with Crippen LogP contribution in [0.2, 0.25) is 0 Å². The number of piperidine rings is 1. The number of rotatable bonds is 4. The molecule has 5 nitrogen and oxygen atoms in total. The molecule has 3 rings (SSSR count). The van der Waals surface area contributed by atoms with Crippen molar-refractivity contribution in [3.63, 3.8) is 0 Å². The van der Waals surface area contributed by atoms with Crippen molar-refractivity contribution >= 4 is 11.6 Å². The molecule has 0 aliphatic carbocycles. The summed E-state index contributed by atoms with van der Waals surface area (Å²) in [6.07, 6.45) is 8.86. The Morgan fingerprint density at radius 2 is 2.05 bits per heavy atom. The fourth-order valence-electron chi connectivity index (χ4n) is 2.65. The van der Waals surface area contributed by atoms with Crippen molar-refractivity contribution in [1.82, 2.24) is 15.3 Å². The maximum absolute atomic E-state index is 12.3. The van der Waals surface area contributed by atoms with Gasteiger partial charge < -0.3 is 10.2 Å². The lowest BCUT2D eigenvalue weighted by Crippen LogP contribution is -2.30. The molecule has 0 saturated carbocycles. The molecule has 1 saturated heterocycles. The first-order valence-electron chi connectivity index (χ1n) is 7.71. The van der Waals surface area contributed by atoms with Gasteiger partial charge >= 0.3 is 0 Å². The van der Waals surface area contributed by atoms with Gasteiger partial charge in [0.15, 0.2) is 0 Å². The monoisotopic (exact) mass is 296 g/mol. The molecule has 0 aromatic carbocycles. The number of carbonyl (C=O) groups excluding carboxylic acids is 1. The van der Waals surface area contributed by atoms with Crippen LogP contribution in [0.4, 0.5) is 5.69 Å². The SMILES string of the molecule is O=C(NCc1ccccn1)c1cncc(N2CCCCC2)c1. The van der Waals surface area contributed by atoms with Crippen LogP contribution in [0.25, 0.3) is 0 Å². The van der Waals surface area contributed by atoms with Crippen LogP contribution in [-0.4, -0.2) is 29.0 Å². The fourth-order valence-corrected chi connectivity index (χ4v) is 2.65. The second kappa shape index (κ2) is 7.02. The third-order valence-electron chi connectivity index (χ3n) is 3.86. The van der Waals surface area contributed by atoms with E-state index in [2.05, 4.69) is 20.2 Å². The number of pyridine rings is 2. The molecular formula is C17H20N4O. The van der Waals surface area contributed by atoms with Gasteiger partial charge in [-0.25, -0.2) is 0 Å². The Balaban J connectivity index is 1.64. The van der Waals surface area contributed by atoms with E-state index in [1.807, 2.05) is 30.5 Å². The van der Waals surface area contributed by atoms with Crippen LogP contribution in [-0.2, 0) is 6.54 Å². The Bertz CT molecular complexity index is 624. The summed E-state index contributed by atoms with van der Waals surface area (Å²) in [5, 5.41) is 2.89. The Kier molecular flexibility index (Phi) is 4.63. The molecule has 1 aliphatic rings. The zero-order chi connectivity index (χ0) is 15.2. The number of anilines is 1. The van der Waals surface area contributed by atoms with E-state index in [0.717, 1.165) is 24.5 Å². The topological polar surface area (TPSA) is 58.1 Å². The average molecular weight is 296 g/mol. The molecule has 5 heteroatoms. The maximum atomic E-state index is 12.3. The van der Waals surface area contributed by atoms with Gasteiger partial charge in [0.2, 0.25) is 0 Å².